The molecule has 0 aromatic heterocycles. The number of nitro benzene ring substituents is 1. The molecule has 0 bridgehead atoms. The number of non-ortho nitro benzene ring substituents is 1. The summed E-state index contributed by atoms with van der Waals surface area (Å²) in [6, 6.07) is 7.13. The molecule has 1 amide bonds. The van der Waals surface area contributed by atoms with E-state index in [1.807, 2.05) is 0 Å². The molecule has 0 saturated carbocycles. The third kappa shape index (κ3) is 6.47. The van der Waals surface area contributed by atoms with Crippen molar-refractivity contribution in [3.63, 3.8) is 0 Å². The van der Waals surface area contributed by atoms with Gasteiger partial charge in [0.1, 0.15) is 18.4 Å². The smallest absolute Gasteiger partial charge is 0.329 e. The van der Waals surface area contributed by atoms with Crippen LogP contribution in [0.5, 0.6) is 5.75 Å². The van der Waals surface area contributed by atoms with E-state index in [4.69, 9.17) is 14.2 Å². The summed E-state index contributed by atoms with van der Waals surface area (Å²) in [5.41, 5.74) is 0.633. The summed E-state index contributed by atoms with van der Waals surface area (Å²) in [4.78, 5) is 36.7. The summed E-state index contributed by atoms with van der Waals surface area (Å²) in [7, 11) is -3.78. The summed E-state index contributed by atoms with van der Waals surface area (Å²) in [6.07, 6.45) is 0. The monoisotopic (exact) mass is 549 g/mol. The van der Waals surface area contributed by atoms with Crippen molar-refractivity contribution >= 4 is 27.6 Å². The SMILES string of the molecule is CCN(CC)S(=O)(=O)c1cccc(C(=O)NC(C(=O)OCc2cc([N+](=O)[O-])cc3c2OCOC3)C(C)C)c1. The molecule has 2 aromatic rings. The van der Waals surface area contributed by atoms with Gasteiger partial charge in [-0.3, -0.25) is 14.9 Å². The average molecular weight is 550 g/mol. The fourth-order valence-corrected chi connectivity index (χ4v) is 5.47. The van der Waals surface area contributed by atoms with Gasteiger partial charge >= 0.3 is 5.97 Å². The van der Waals surface area contributed by atoms with Gasteiger partial charge in [0, 0.05) is 41.9 Å². The van der Waals surface area contributed by atoms with E-state index in [2.05, 4.69) is 5.32 Å². The van der Waals surface area contributed by atoms with E-state index in [9.17, 15) is 28.1 Å². The first-order valence-corrected chi connectivity index (χ1v) is 13.5. The number of nitro groups is 1. The predicted octanol–water partition coefficient (Wildman–Crippen LogP) is 2.99. The first-order valence-electron chi connectivity index (χ1n) is 12.1. The number of fused-ring (bicyclic) bond motifs is 1. The molecule has 1 aliphatic rings. The zero-order valence-corrected chi connectivity index (χ0v) is 22.4. The number of hydrogen-bond donors (Lipinski definition) is 1. The highest BCUT2D eigenvalue weighted by molar-refractivity contribution is 7.89. The maximum absolute atomic E-state index is 13.0. The lowest BCUT2D eigenvalue weighted by molar-refractivity contribution is -0.385. The van der Waals surface area contributed by atoms with Crippen LogP contribution in [0.2, 0.25) is 0 Å². The Bertz CT molecular complexity index is 1310. The van der Waals surface area contributed by atoms with Gasteiger partial charge in [-0.15, -0.1) is 0 Å². The van der Waals surface area contributed by atoms with E-state index in [-0.39, 0.29) is 55.2 Å². The van der Waals surface area contributed by atoms with Gasteiger partial charge in [-0.1, -0.05) is 33.8 Å². The Hall–Kier alpha value is -3.55. The summed E-state index contributed by atoms with van der Waals surface area (Å²) < 4.78 is 43.1. The first kappa shape index (κ1) is 29.0. The highest BCUT2D eigenvalue weighted by Crippen LogP contribution is 2.33. The highest BCUT2D eigenvalue weighted by Gasteiger charge is 2.29. The molecule has 1 aliphatic heterocycles. The van der Waals surface area contributed by atoms with E-state index < -0.39 is 32.9 Å². The molecular weight excluding hydrogens is 518 g/mol. The molecule has 2 aromatic carbocycles. The third-order valence-corrected chi connectivity index (χ3v) is 8.04. The molecule has 13 heteroatoms. The van der Waals surface area contributed by atoms with Crippen LogP contribution >= 0.6 is 0 Å². The van der Waals surface area contributed by atoms with Crippen LogP contribution in [0, 0.1) is 16.0 Å². The molecular formula is C25H31N3O9S. The van der Waals surface area contributed by atoms with Gasteiger partial charge in [-0.05, 0) is 24.1 Å². The fourth-order valence-electron chi connectivity index (χ4n) is 3.96. The van der Waals surface area contributed by atoms with Crippen LogP contribution in [0.15, 0.2) is 41.3 Å². The van der Waals surface area contributed by atoms with Crippen molar-refractivity contribution in [2.24, 2.45) is 5.92 Å². The van der Waals surface area contributed by atoms with Gasteiger partial charge < -0.3 is 19.5 Å². The molecule has 12 nitrogen and oxygen atoms in total. The summed E-state index contributed by atoms with van der Waals surface area (Å²) in [5, 5.41) is 13.9. The Kier molecular flexibility index (Phi) is 9.41. The van der Waals surface area contributed by atoms with Crippen LogP contribution < -0.4 is 10.1 Å². The normalized spacial score (nSPS) is 13.9. The molecule has 206 valence electrons. The number of carbonyl (C=O) groups is 2. The van der Waals surface area contributed by atoms with Gasteiger partial charge in [0.25, 0.3) is 11.6 Å². The minimum Gasteiger partial charge on any atom is -0.467 e. The Labute approximate surface area is 221 Å². The van der Waals surface area contributed by atoms with Gasteiger partial charge in [0.2, 0.25) is 10.0 Å². The van der Waals surface area contributed by atoms with Crippen LogP contribution in [-0.2, 0) is 37.5 Å². The number of rotatable bonds is 11. The third-order valence-electron chi connectivity index (χ3n) is 6.00. The second kappa shape index (κ2) is 12.3. The van der Waals surface area contributed by atoms with E-state index in [1.54, 1.807) is 27.7 Å². The van der Waals surface area contributed by atoms with E-state index >= 15 is 0 Å². The molecule has 1 heterocycles. The minimum absolute atomic E-state index is 0.0306. The topological polar surface area (TPSA) is 154 Å². The number of hydrogen-bond acceptors (Lipinski definition) is 9. The van der Waals surface area contributed by atoms with Crippen molar-refractivity contribution < 1.29 is 37.1 Å². The van der Waals surface area contributed by atoms with Crippen molar-refractivity contribution in [2.45, 2.75) is 51.8 Å². The number of nitrogens with one attached hydrogen (secondary N) is 1. The molecule has 0 saturated heterocycles. The number of ether oxygens (including phenoxy) is 3. The van der Waals surface area contributed by atoms with Crippen molar-refractivity contribution in [1.29, 1.82) is 0 Å². The number of sulfonamides is 1. The largest absolute Gasteiger partial charge is 0.467 e. The Morgan fingerprint density at radius 2 is 1.89 bits per heavy atom. The zero-order valence-electron chi connectivity index (χ0n) is 21.6. The van der Waals surface area contributed by atoms with Gasteiger partial charge in [-0.2, -0.15) is 4.31 Å². The summed E-state index contributed by atoms with van der Waals surface area (Å²) >= 11 is 0. The van der Waals surface area contributed by atoms with Crippen LogP contribution in [0.1, 0.15) is 49.2 Å². The molecule has 0 aliphatic carbocycles. The quantitative estimate of drug-likeness (QED) is 0.253. The Morgan fingerprint density at radius 3 is 2.53 bits per heavy atom. The molecule has 1 unspecified atom stereocenters. The summed E-state index contributed by atoms with van der Waals surface area (Å²) in [5.74, 6) is -1.43. The van der Waals surface area contributed by atoms with Crippen molar-refractivity contribution in [3.05, 3.63) is 63.2 Å². The molecule has 3 rings (SSSR count). The van der Waals surface area contributed by atoms with Crippen LogP contribution in [-0.4, -0.2) is 55.4 Å². The number of carbonyl (C=O) groups excluding carboxylic acids is 2. The van der Waals surface area contributed by atoms with Gasteiger partial charge in [-0.25, -0.2) is 13.2 Å². The molecule has 38 heavy (non-hydrogen) atoms. The van der Waals surface area contributed by atoms with Crippen LogP contribution in [0.3, 0.4) is 0 Å². The van der Waals surface area contributed by atoms with Crippen molar-refractivity contribution in [1.82, 2.24) is 9.62 Å². The molecule has 1 atom stereocenters. The number of benzene rings is 2. The Balaban J connectivity index is 1.77. The minimum atomic E-state index is -3.78. The van der Waals surface area contributed by atoms with E-state index in [0.29, 0.717) is 16.9 Å². The lowest BCUT2D eigenvalue weighted by Crippen LogP contribution is -2.45. The molecule has 1 N–H and O–H groups in total. The van der Waals surface area contributed by atoms with Gasteiger partial charge in [0.15, 0.2) is 6.79 Å². The van der Waals surface area contributed by atoms with E-state index in [0.717, 1.165) is 0 Å². The summed E-state index contributed by atoms with van der Waals surface area (Å²) in [6.45, 7) is 7.18. The van der Waals surface area contributed by atoms with E-state index in [1.165, 1.54) is 40.7 Å². The van der Waals surface area contributed by atoms with Crippen molar-refractivity contribution in [2.75, 3.05) is 19.9 Å². The average Bonchev–Trinajstić information content (AvgIpc) is 2.90. The second-order valence-electron chi connectivity index (χ2n) is 8.88. The fraction of sp³-hybridized carbons (Fsp3) is 0.440. The number of esters is 1. The Morgan fingerprint density at radius 1 is 1.18 bits per heavy atom. The molecule has 0 fully saturated rings. The van der Waals surface area contributed by atoms with Crippen molar-refractivity contribution in [3.8, 4) is 5.75 Å². The maximum atomic E-state index is 13.0. The standard InChI is InChI=1S/C25H31N3O9S/c1-5-27(6-2)38(33,34)21-9-7-8-17(12-21)24(29)26-22(16(3)4)25(30)36-14-19-11-20(28(31)32)10-18-13-35-15-37-23(18)19/h7-12,16,22H,5-6,13-15H2,1-4H3,(H,26,29). The molecule has 0 radical (unpaired) electrons. The lowest BCUT2D eigenvalue weighted by Gasteiger charge is -2.23. The number of amides is 1. The van der Waals surface area contributed by atoms with Crippen LogP contribution in [0.4, 0.5) is 5.69 Å². The second-order valence-corrected chi connectivity index (χ2v) is 10.8. The predicted molar refractivity (Wildman–Crippen MR) is 136 cm³/mol. The molecule has 0 spiro atoms. The first-order chi connectivity index (χ1) is 18.0. The maximum Gasteiger partial charge on any atom is 0.329 e. The highest BCUT2D eigenvalue weighted by atomic mass is 32.2. The van der Waals surface area contributed by atoms with Gasteiger partial charge in [0.05, 0.1) is 16.4 Å². The van der Waals surface area contributed by atoms with Crippen LogP contribution in [0.25, 0.3) is 0 Å². The lowest BCUT2D eigenvalue weighted by atomic mass is 10.0. The zero-order chi connectivity index (χ0) is 28.0. The number of nitrogens with zero attached hydrogens (tertiary/aromatic N) is 2.